The molecule has 1 aliphatic heterocycles. The van der Waals surface area contributed by atoms with Gasteiger partial charge in [-0.25, -0.2) is 0 Å². The zero-order chi connectivity index (χ0) is 15.3. The lowest BCUT2D eigenvalue weighted by molar-refractivity contribution is 0.00578. The second-order valence-electron chi connectivity index (χ2n) is 6.67. The van der Waals surface area contributed by atoms with Gasteiger partial charge in [0.15, 0.2) is 11.5 Å². The van der Waals surface area contributed by atoms with E-state index in [0.717, 1.165) is 18.3 Å². The molecule has 5 nitrogen and oxygen atoms in total. The van der Waals surface area contributed by atoms with E-state index in [4.69, 9.17) is 18.8 Å². The van der Waals surface area contributed by atoms with Gasteiger partial charge in [-0.05, 0) is 40.5 Å². The molecule has 3 rings (SSSR count). The first kappa shape index (κ1) is 14.7. The molecule has 0 bridgehead atoms. The number of pyridine rings is 1. The maximum Gasteiger partial charge on any atom is 0.500 e. The van der Waals surface area contributed by atoms with Gasteiger partial charge in [0.1, 0.15) is 0 Å². The molecule has 1 aliphatic carbocycles. The van der Waals surface area contributed by atoms with Gasteiger partial charge in [-0.1, -0.05) is 0 Å². The van der Waals surface area contributed by atoms with Crippen LogP contribution in [-0.4, -0.2) is 36.5 Å². The maximum absolute atomic E-state index is 6.09. The topological polar surface area (TPSA) is 49.8 Å². The Labute approximate surface area is 126 Å². The molecule has 2 aliphatic rings. The Morgan fingerprint density at radius 2 is 1.76 bits per heavy atom. The molecule has 114 valence electrons. The first-order chi connectivity index (χ1) is 9.84. The van der Waals surface area contributed by atoms with Crippen molar-refractivity contribution in [3.63, 3.8) is 0 Å². The van der Waals surface area contributed by atoms with E-state index in [1.807, 2.05) is 27.7 Å². The third kappa shape index (κ3) is 2.62. The quantitative estimate of drug-likeness (QED) is 0.793. The predicted molar refractivity (Wildman–Crippen MR) is 80.2 cm³/mol. The van der Waals surface area contributed by atoms with Gasteiger partial charge in [0.2, 0.25) is 0 Å². The first-order valence-corrected chi connectivity index (χ1v) is 7.38. The summed E-state index contributed by atoms with van der Waals surface area (Å²) in [6.45, 7) is 8.12. The molecule has 0 unspecified atom stereocenters. The Morgan fingerprint density at radius 3 is 2.29 bits per heavy atom. The molecule has 21 heavy (non-hydrogen) atoms. The third-order valence-electron chi connectivity index (χ3n) is 4.43. The summed E-state index contributed by atoms with van der Waals surface area (Å²) in [5.74, 6) is 1.31. The third-order valence-corrected chi connectivity index (χ3v) is 4.43. The summed E-state index contributed by atoms with van der Waals surface area (Å²) in [7, 11) is 1.12. The van der Waals surface area contributed by atoms with Gasteiger partial charge in [-0.2, -0.15) is 0 Å². The number of hydrogen-bond donors (Lipinski definition) is 0. The van der Waals surface area contributed by atoms with Crippen molar-refractivity contribution in [3.05, 3.63) is 12.4 Å². The van der Waals surface area contributed by atoms with Crippen molar-refractivity contribution in [3.8, 4) is 11.5 Å². The average Bonchev–Trinajstić information content (AvgIpc) is 3.17. The van der Waals surface area contributed by atoms with Crippen LogP contribution in [0.1, 0.15) is 40.5 Å². The summed E-state index contributed by atoms with van der Waals surface area (Å²) >= 11 is 0. The van der Waals surface area contributed by atoms with E-state index in [1.165, 1.54) is 0 Å². The van der Waals surface area contributed by atoms with Gasteiger partial charge >= 0.3 is 7.12 Å². The minimum absolute atomic E-state index is 0.266. The van der Waals surface area contributed by atoms with E-state index in [-0.39, 0.29) is 6.10 Å². The highest BCUT2D eigenvalue weighted by Crippen LogP contribution is 2.39. The Kier molecular flexibility index (Phi) is 3.41. The molecule has 1 aromatic rings. The van der Waals surface area contributed by atoms with Crippen molar-refractivity contribution in [1.29, 1.82) is 0 Å². The van der Waals surface area contributed by atoms with Gasteiger partial charge in [0.05, 0.1) is 30.6 Å². The molecule has 0 aromatic carbocycles. The number of rotatable bonds is 4. The lowest BCUT2D eigenvalue weighted by Crippen LogP contribution is -2.41. The lowest BCUT2D eigenvalue weighted by atomic mass is 9.79. The summed E-state index contributed by atoms with van der Waals surface area (Å²) in [5, 5.41) is 0. The zero-order valence-corrected chi connectivity index (χ0v) is 13.3. The molecule has 2 heterocycles. The fourth-order valence-corrected chi connectivity index (χ4v) is 2.21. The number of nitrogens with zero attached hydrogens (tertiary/aromatic N) is 1. The molecule has 1 saturated heterocycles. The molecular formula is C15H22BNO4. The van der Waals surface area contributed by atoms with E-state index in [0.29, 0.717) is 11.5 Å². The Hall–Kier alpha value is -1.27. The minimum Gasteiger partial charge on any atom is -0.491 e. The average molecular weight is 291 g/mol. The molecule has 1 aromatic heterocycles. The molecule has 0 amide bonds. The van der Waals surface area contributed by atoms with Crippen molar-refractivity contribution < 1.29 is 18.8 Å². The van der Waals surface area contributed by atoms with Crippen molar-refractivity contribution in [2.24, 2.45) is 0 Å². The smallest absolute Gasteiger partial charge is 0.491 e. The van der Waals surface area contributed by atoms with E-state index < -0.39 is 18.3 Å². The van der Waals surface area contributed by atoms with Crippen molar-refractivity contribution in [2.45, 2.75) is 57.8 Å². The summed E-state index contributed by atoms with van der Waals surface area (Å²) in [6.07, 6.45) is 5.82. The molecule has 2 fully saturated rings. The second kappa shape index (κ2) is 4.88. The van der Waals surface area contributed by atoms with Gasteiger partial charge in [0, 0.05) is 11.7 Å². The van der Waals surface area contributed by atoms with Gasteiger partial charge in [-0.15, -0.1) is 0 Å². The van der Waals surface area contributed by atoms with Crippen LogP contribution in [0.5, 0.6) is 11.5 Å². The van der Waals surface area contributed by atoms with Crippen molar-refractivity contribution in [2.75, 3.05) is 7.11 Å². The van der Waals surface area contributed by atoms with Crippen LogP contribution >= 0.6 is 0 Å². The molecular weight excluding hydrogens is 269 g/mol. The standard InChI is InChI=1S/C15H22BNO4/c1-14(2)15(3,4)21-16(20-14)11-8-17-9-12(18-5)13(11)19-10-6-7-10/h8-10H,6-7H2,1-5H3. The van der Waals surface area contributed by atoms with Crippen LogP contribution in [0.4, 0.5) is 0 Å². The SMILES string of the molecule is COc1cncc(B2OC(C)(C)C(C)(C)O2)c1OC1CC1. The zero-order valence-electron chi connectivity index (χ0n) is 13.3. The van der Waals surface area contributed by atoms with Crippen LogP contribution in [0.2, 0.25) is 0 Å². The lowest BCUT2D eigenvalue weighted by Gasteiger charge is -2.32. The van der Waals surface area contributed by atoms with Crippen LogP contribution in [0.25, 0.3) is 0 Å². The van der Waals surface area contributed by atoms with E-state index in [2.05, 4.69) is 4.98 Å². The van der Waals surface area contributed by atoms with E-state index >= 15 is 0 Å². The Morgan fingerprint density at radius 1 is 1.14 bits per heavy atom. The summed E-state index contributed by atoms with van der Waals surface area (Å²) in [4.78, 5) is 4.22. The Bertz CT molecular complexity index is 526. The molecule has 0 N–H and O–H groups in total. The summed E-state index contributed by atoms with van der Waals surface area (Å²) < 4.78 is 23.6. The fraction of sp³-hybridized carbons (Fsp3) is 0.667. The van der Waals surface area contributed by atoms with Gasteiger partial charge in [-0.3, -0.25) is 4.98 Å². The summed E-state index contributed by atoms with van der Waals surface area (Å²) in [6, 6.07) is 0. The highest BCUT2D eigenvalue weighted by atomic mass is 16.7. The van der Waals surface area contributed by atoms with Crippen LogP contribution in [-0.2, 0) is 9.31 Å². The van der Waals surface area contributed by atoms with Crippen molar-refractivity contribution >= 4 is 12.6 Å². The van der Waals surface area contributed by atoms with E-state index in [9.17, 15) is 0 Å². The minimum atomic E-state index is -0.494. The van der Waals surface area contributed by atoms with Crippen LogP contribution in [0.15, 0.2) is 12.4 Å². The predicted octanol–water partition coefficient (Wildman–Crippen LogP) is 1.93. The van der Waals surface area contributed by atoms with Crippen LogP contribution in [0.3, 0.4) is 0 Å². The molecule has 0 atom stereocenters. The Balaban J connectivity index is 1.95. The number of methoxy groups -OCH3 is 1. The highest BCUT2D eigenvalue weighted by molar-refractivity contribution is 6.63. The van der Waals surface area contributed by atoms with Crippen molar-refractivity contribution in [1.82, 2.24) is 4.98 Å². The fourth-order valence-electron chi connectivity index (χ4n) is 2.21. The molecule has 0 spiro atoms. The monoisotopic (exact) mass is 291 g/mol. The van der Waals surface area contributed by atoms with Crippen LogP contribution in [0, 0.1) is 0 Å². The molecule has 0 radical (unpaired) electrons. The number of hydrogen-bond acceptors (Lipinski definition) is 5. The highest BCUT2D eigenvalue weighted by Gasteiger charge is 2.53. The second-order valence-corrected chi connectivity index (χ2v) is 6.67. The number of ether oxygens (including phenoxy) is 2. The summed E-state index contributed by atoms with van der Waals surface area (Å²) in [5.41, 5.74) is 0.00902. The molecule has 1 saturated carbocycles. The largest absolute Gasteiger partial charge is 0.500 e. The van der Waals surface area contributed by atoms with Gasteiger partial charge in [0.25, 0.3) is 0 Å². The van der Waals surface area contributed by atoms with E-state index in [1.54, 1.807) is 19.5 Å². The first-order valence-electron chi connectivity index (χ1n) is 7.38. The molecule has 6 heteroatoms. The normalized spacial score (nSPS) is 23.2. The number of aromatic nitrogens is 1. The maximum atomic E-state index is 6.09. The van der Waals surface area contributed by atoms with Gasteiger partial charge < -0.3 is 18.8 Å². The van der Waals surface area contributed by atoms with Crippen LogP contribution < -0.4 is 14.9 Å².